The molecular weight excluding hydrogens is 412 g/mol. The molecule has 7 nitrogen and oxygen atoms in total. The van der Waals surface area contributed by atoms with E-state index in [4.69, 9.17) is 5.73 Å². The van der Waals surface area contributed by atoms with E-state index in [0.29, 0.717) is 17.8 Å². The highest BCUT2D eigenvalue weighted by atomic mass is 16.2. The summed E-state index contributed by atoms with van der Waals surface area (Å²) >= 11 is 0. The molecule has 0 unspecified atom stereocenters. The molecule has 0 saturated carbocycles. The zero-order chi connectivity index (χ0) is 22.6. The van der Waals surface area contributed by atoms with E-state index in [9.17, 15) is 4.79 Å². The number of amides is 1. The van der Waals surface area contributed by atoms with Crippen LogP contribution in [0.1, 0.15) is 31.2 Å². The lowest BCUT2D eigenvalue weighted by Gasteiger charge is -2.37. The van der Waals surface area contributed by atoms with Crippen molar-refractivity contribution >= 4 is 28.3 Å². The summed E-state index contributed by atoms with van der Waals surface area (Å²) in [5.74, 6) is 1.05. The average Bonchev–Trinajstić information content (AvgIpc) is 2.85. The van der Waals surface area contributed by atoms with Crippen molar-refractivity contribution in [3.63, 3.8) is 0 Å². The lowest BCUT2D eigenvalue weighted by atomic mass is 9.93. The number of nitrogen functional groups attached to an aromatic ring is 1. The maximum atomic E-state index is 13.2. The highest BCUT2D eigenvalue weighted by Crippen LogP contribution is 2.26. The van der Waals surface area contributed by atoms with Gasteiger partial charge in [-0.05, 0) is 68.6 Å². The molecule has 4 heterocycles. The Morgan fingerprint density at radius 2 is 1.76 bits per heavy atom. The molecule has 0 spiro atoms. The number of carbonyl (C=O) groups excluding carboxylic acids is 1. The van der Waals surface area contributed by atoms with E-state index in [0.717, 1.165) is 75.0 Å². The van der Waals surface area contributed by atoms with Crippen molar-refractivity contribution < 1.29 is 4.79 Å². The van der Waals surface area contributed by atoms with Gasteiger partial charge >= 0.3 is 0 Å². The molecule has 2 aliphatic heterocycles. The first kappa shape index (κ1) is 21.6. The maximum absolute atomic E-state index is 13.2. The van der Waals surface area contributed by atoms with Gasteiger partial charge in [-0.15, -0.1) is 0 Å². The van der Waals surface area contributed by atoms with Crippen molar-refractivity contribution in [3.05, 3.63) is 60.4 Å². The molecule has 172 valence electrons. The molecule has 2 aromatic heterocycles. The fraction of sp³-hybridized carbons (Fsp3) is 0.423. The number of piperidine rings is 2. The SMILES string of the molecule is Nc1cc(CN2CCC(C(=O)N3CCC(Nc4cccc5cccnc45)CC3)CC2)ccn1. The second-order valence-corrected chi connectivity index (χ2v) is 9.26. The minimum atomic E-state index is 0.149. The lowest BCUT2D eigenvalue weighted by Crippen LogP contribution is -2.47. The first-order valence-corrected chi connectivity index (χ1v) is 12.0. The molecule has 0 radical (unpaired) electrons. The largest absolute Gasteiger partial charge is 0.384 e. The topological polar surface area (TPSA) is 87.4 Å². The molecule has 0 aliphatic carbocycles. The maximum Gasteiger partial charge on any atom is 0.225 e. The number of nitrogens with two attached hydrogens (primary N) is 1. The molecule has 3 aromatic rings. The molecule has 7 heteroatoms. The van der Waals surface area contributed by atoms with Crippen molar-refractivity contribution in [2.45, 2.75) is 38.3 Å². The zero-order valence-corrected chi connectivity index (χ0v) is 19.0. The molecule has 1 aromatic carbocycles. The van der Waals surface area contributed by atoms with Crippen LogP contribution < -0.4 is 11.1 Å². The van der Waals surface area contributed by atoms with Gasteiger partial charge in [0.25, 0.3) is 0 Å². The van der Waals surface area contributed by atoms with Gasteiger partial charge in [-0.2, -0.15) is 0 Å². The Bertz CT molecular complexity index is 1100. The summed E-state index contributed by atoms with van der Waals surface area (Å²) in [5, 5.41) is 4.82. The van der Waals surface area contributed by atoms with Crippen LogP contribution in [0.5, 0.6) is 0 Å². The van der Waals surface area contributed by atoms with Gasteiger partial charge in [0.05, 0.1) is 11.2 Å². The van der Waals surface area contributed by atoms with Crippen molar-refractivity contribution in [3.8, 4) is 0 Å². The number of fused-ring (bicyclic) bond motifs is 1. The average molecular weight is 445 g/mol. The number of nitrogens with one attached hydrogen (secondary N) is 1. The number of pyridine rings is 2. The number of carbonyl (C=O) groups is 1. The second kappa shape index (κ2) is 9.75. The normalized spacial score (nSPS) is 18.5. The summed E-state index contributed by atoms with van der Waals surface area (Å²) in [7, 11) is 0. The molecule has 5 rings (SSSR count). The molecule has 1 amide bonds. The van der Waals surface area contributed by atoms with Gasteiger partial charge < -0.3 is 16.0 Å². The minimum Gasteiger partial charge on any atom is -0.384 e. The van der Waals surface area contributed by atoms with Crippen LogP contribution in [0.25, 0.3) is 10.9 Å². The molecule has 33 heavy (non-hydrogen) atoms. The second-order valence-electron chi connectivity index (χ2n) is 9.26. The van der Waals surface area contributed by atoms with E-state index < -0.39 is 0 Å². The van der Waals surface area contributed by atoms with E-state index in [-0.39, 0.29) is 5.92 Å². The monoisotopic (exact) mass is 444 g/mol. The number of rotatable bonds is 5. The summed E-state index contributed by atoms with van der Waals surface area (Å²) in [6, 6.07) is 14.6. The van der Waals surface area contributed by atoms with E-state index in [1.807, 2.05) is 24.4 Å². The smallest absolute Gasteiger partial charge is 0.225 e. The number of hydrogen-bond donors (Lipinski definition) is 2. The third kappa shape index (κ3) is 5.09. The Morgan fingerprint density at radius 3 is 2.55 bits per heavy atom. The third-order valence-electron chi connectivity index (χ3n) is 6.99. The van der Waals surface area contributed by atoms with E-state index >= 15 is 0 Å². The van der Waals surface area contributed by atoms with Gasteiger partial charge in [0.2, 0.25) is 5.91 Å². The number of likely N-dealkylation sites (tertiary alicyclic amines) is 2. The number of benzene rings is 1. The lowest BCUT2D eigenvalue weighted by molar-refractivity contribution is -0.138. The van der Waals surface area contributed by atoms with Crippen LogP contribution in [0.4, 0.5) is 11.5 Å². The summed E-state index contributed by atoms with van der Waals surface area (Å²) in [6.07, 6.45) is 7.40. The molecular formula is C26H32N6O. The Hall–Kier alpha value is -3.19. The van der Waals surface area contributed by atoms with Crippen molar-refractivity contribution in [2.75, 3.05) is 37.2 Å². The number of anilines is 2. The molecule has 2 fully saturated rings. The zero-order valence-electron chi connectivity index (χ0n) is 19.0. The van der Waals surface area contributed by atoms with E-state index in [2.05, 4.69) is 49.4 Å². The van der Waals surface area contributed by atoms with Gasteiger partial charge in [-0.25, -0.2) is 4.98 Å². The van der Waals surface area contributed by atoms with Crippen LogP contribution in [0.2, 0.25) is 0 Å². The molecule has 0 bridgehead atoms. The fourth-order valence-corrected chi connectivity index (χ4v) is 5.13. The molecule has 3 N–H and O–H groups in total. The van der Waals surface area contributed by atoms with Crippen LogP contribution in [0.3, 0.4) is 0 Å². The number of para-hydroxylation sites is 1. The molecule has 0 atom stereocenters. The first-order chi connectivity index (χ1) is 16.2. The van der Waals surface area contributed by atoms with Crippen LogP contribution in [0, 0.1) is 5.92 Å². The van der Waals surface area contributed by atoms with Crippen molar-refractivity contribution in [1.82, 2.24) is 19.8 Å². The first-order valence-electron chi connectivity index (χ1n) is 12.0. The Kier molecular flexibility index (Phi) is 6.39. The highest BCUT2D eigenvalue weighted by molar-refractivity contribution is 5.90. The van der Waals surface area contributed by atoms with Crippen LogP contribution in [-0.2, 0) is 11.3 Å². The van der Waals surface area contributed by atoms with E-state index in [1.165, 1.54) is 5.56 Å². The quantitative estimate of drug-likeness (QED) is 0.626. The summed E-state index contributed by atoms with van der Waals surface area (Å²) < 4.78 is 0. The van der Waals surface area contributed by atoms with Gasteiger partial charge in [0.1, 0.15) is 5.82 Å². The van der Waals surface area contributed by atoms with Gasteiger partial charge in [0.15, 0.2) is 0 Å². The number of aromatic nitrogens is 2. The summed E-state index contributed by atoms with van der Waals surface area (Å²) in [4.78, 5) is 26.3. The number of nitrogens with zero attached hydrogens (tertiary/aromatic N) is 4. The summed E-state index contributed by atoms with van der Waals surface area (Å²) in [5.41, 5.74) is 9.08. The van der Waals surface area contributed by atoms with Crippen molar-refractivity contribution in [1.29, 1.82) is 0 Å². The van der Waals surface area contributed by atoms with Crippen molar-refractivity contribution in [2.24, 2.45) is 5.92 Å². The predicted octanol–water partition coefficient (Wildman–Crippen LogP) is 3.53. The molecule has 2 aliphatic rings. The van der Waals surface area contributed by atoms with Gasteiger partial charge in [-0.3, -0.25) is 14.7 Å². The Labute approximate surface area is 195 Å². The van der Waals surface area contributed by atoms with Gasteiger partial charge in [-0.1, -0.05) is 18.2 Å². The Morgan fingerprint density at radius 1 is 0.970 bits per heavy atom. The standard InChI is InChI=1S/C26H32N6O/c27-24-17-19(6-12-28-24)18-31-13-7-21(8-14-31)26(33)32-15-9-22(10-16-32)30-23-5-1-3-20-4-2-11-29-25(20)23/h1-6,11-12,17,21-22,30H,7-10,13-16,18H2,(H2,27,28). The highest BCUT2D eigenvalue weighted by Gasteiger charge is 2.31. The fourth-order valence-electron chi connectivity index (χ4n) is 5.13. The van der Waals surface area contributed by atoms with Crippen LogP contribution in [-0.4, -0.2) is 57.9 Å². The Balaban J connectivity index is 1.10. The predicted molar refractivity (Wildman–Crippen MR) is 132 cm³/mol. The third-order valence-corrected chi connectivity index (χ3v) is 6.99. The number of hydrogen-bond acceptors (Lipinski definition) is 6. The molecule has 2 saturated heterocycles. The van der Waals surface area contributed by atoms with Gasteiger partial charge in [0, 0.05) is 49.4 Å². The minimum absolute atomic E-state index is 0.149. The summed E-state index contributed by atoms with van der Waals surface area (Å²) in [6.45, 7) is 4.42. The van der Waals surface area contributed by atoms with Crippen LogP contribution in [0.15, 0.2) is 54.9 Å². The van der Waals surface area contributed by atoms with Crippen LogP contribution >= 0.6 is 0 Å². The van der Waals surface area contributed by atoms with E-state index in [1.54, 1.807) is 6.20 Å².